The van der Waals surface area contributed by atoms with Crippen molar-refractivity contribution in [3.05, 3.63) is 0 Å². The highest BCUT2D eigenvalue weighted by Crippen LogP contribution is 2.12. The van der Waals surface area contributed by atoms with Crippen LogP contribution in [0.5, 0.6) is 0 Å². The highest BCUT2D eigenvalue weighted by Gasteiger charge is 2.28. The number of ether oxygens (including phenoxy) is 1. The van der Waals surface area contributed by atoms with Crippen LogP contribution in [-0.2, 0) is 4.74 Å². The van der Waals surface area contributed by atoms with Gasteiger partial charge in [0, 0.05) is 32.3 Å². The molecule has 0 bridgehead atoms. The van der Waals surface area contributed by atoms with Gasteiger partial charge < -0.3 is 15.2 Å². The molecule has 0 aromatic carbocycles. The number of nitrogens with one attached hydrogen (secondary N) is 1. The van der Waals surface area contributed by atoms with E-state index in [1.54, 1.807) is 0 Å². The van der Waals surface area contributed by atoms with Gasteiger partial charge in [-0.15, -0.1) is 0 Å². The lowest BCUT2D eigenvalue weighted by Gasteiger charge is -2.36. The summed E-state index contributed by atoms with van der Waals surface area (Å²) < 4.78 is 5.64. The van der Waals surface area contributed by atoms with Gasteiger partial charge in [-0.25, -0.2) is 0 Å². The topological polar surface area (TPSA) is 44.7 Å². The van der Waals surface area contributed by atoms with Gasteiger partial charge in [-0.2, -0.15) is 0 Å². The van der Waals surface area contributed by atoms with Crippen molar-refractivity contribution >= 4 is 0 Å². The van der Waals surface area contributed by atoms with Crippen molar-refractivity contribution in [2.45, 2.75) is 51.8 Å². The lowest BCUT2D eigenvalue weighted by molar-refractivity contribution is 0.0571. The Balaban J connectivity index is 2.53. The molecule has 4 nitrogen and oxygen atoms in total. The molecule has 0 spiro atoms. The third-order valence-corrected chi connectivity index (χ3v) is 3.10. The second-order valence-electron chi connectivity index (χ2n) is 5.79. The van der Waals surface area contributed by atoms with E-state index in [-0.39, 0.29) is 12.1 Å². The van der Waals surface area contributed by atoms with E-state index in [2.05, 4.69) is 37.9 Å². The molecule has 1 heterocycles. The van der Waals surface area contributed by atoms with Gasteiger partial charge in [-0.3, -0.25) is 4.90 Å². The molecule has 0 radical (unpaired) electrons. The van der Waals surface area contributed by atoms with Gasteiger partial charge in [-0.1, -0.05) is 13.8 Å². The fourth-order valence-corrected chi connectivity index (χ4v) is 2.56. The Kier molecular flexibility index (Phi) is 5.86. The van der Waals surface area contributed by atoms with Crippen LogP contribution in [0.4, 0.5) is 0 Å². The molecule has 0 aromatic heterocycles. The smallest absolute Gasteiger partial charge is 0.0673 e. The van der Waals surface area contributed by atoms with Crippen LogP contribution in [0.1, 0.15) is 34.1 Å². The minimum absolute atomic E-state index is 0.164. The SMILES string of the molecule is CC(C)NC(C)(CO)CN1CCCOC(C)C1. The molecule has 0 aliphatic carbocycles. The molecular formula is C13H28N2O2. The van der Waals surface area contributed by atoms with E-state index < -0.39 is 0 Å². The van der Waals surface area contributed by atoms with Crippen LogP contribution >= 0.6 is 0 Å². The van der Waals surface area contributed by atoms with Crippen LogP contribution in [0.25, 0.3) is 0 Å². The van der Waals surface area contributed by atoms with Crippen molar-refractivity contribution in [2.24, 2.45) is 0 Å². The number of hydrogen-bond acceptors (Lipinski definition) is 4. The summed E-state index contributed by atoms with van der Waals surface area (Å²) in [4.78, 5) is 2.39. The molecule has 0 aromatic rings. The molecule has 1 saturated heterocycles. The fraction of sp³-hybridized carbons (Fsp3) is 1.00. The van der Waals surface area contributed by atoms with E-state index in [9.17, 15) is 5.11 Å². The van der Waals surface area contributed by atoms with Gasteiger partial charge in [0.2, 0.25) is 0 Å². The van der Waals surface area contributed by atoms with Crippen LogP contribution in [-0.4, -0.2) is 60.5 Å². The Hall–Kier alpha value is -0.160. The number of rotatable bonds is 5. The van der Waals surface area contributed by atoms with Crippen molar-refractivity contribution in [2.75, 3.05) is 32.8 Å². The molecular weight excluding hydrogens is 216 g/mol. The van der Waals surface area contributed by atoms with Gasteiger partial charge in [0.15, 0.2) is 0 Å². The van der Waals surface area contributed by atoms with Gasteiger partial charge in [-0.05, 0) is 20.3 Å². The van der Waals surface area contributed by atoms with Crippen LogP contribution < -0.4 is 5.32 Å². The summed E-state index contributed by atoms with van der Waals surface area (Å²) in [5.41, 5.74) is -0.224. The first-order valence-electron chi connectivity index (χ1n) is 6.68. The molecule has 1 aliphatic heterocycles. The molecule has 2 unspecified atom stereocenters. The number of nitrogens with zero attached hydrogens (tertiary/aromatic N) is 1. The zero-order valence-corrected chi connectivity index (χ0v) is 11.7. The standard InChI is InChI=1S/C13H28N2O2/c1-11(2)14-13(4,10-16)9-15-6-5-7-17-12(3)8-15/h11-12,14,16H,5-10H2,1-4H3. The van der Waals surface area contributed by atoms with Crippen molar-refractivity contribution < 1.29 is 9.84 Å². The molecule has 2 N–H and O–H groups in total. The lowest BCUT2D eigenvalue weighted by Crippen LogP contribution is -2.56. The molecule has 1 aliphatic rings. The normalized spacial score (nSPS) is 26.8. The zero-order valence-electron chi connectivity index (χ0n) is 11.7. The summed E-state index contributed by atoms with van der Waals surface area (Å²) in [6.07, 6.45) is 1.37. The summed E-state index contributed by atoms with van der Waals surface area (Å²) in [5.74, 6) is 0. The van der Waals surface area contributed by atoms with Gasteiger partial charge >= 0.3 is 0 Å². The Bertz CT molecular complexity index is 223. The first-order valence-corrected chi connectivity index (χ1v) is 6.68. The molecule has 1 fully saturated rings. The van der Waals surface area contributed by atoms with E-state index in [0.717, 1.165) is 32.7 Å². The maximum Gasteiger partial charge on any atom is 0.0673 e. The maximum absolute atomic E-state index is 9.58. The molecule has 1 rings (SSSR count). The van der Waals surface area contributed by atoms with Gasteiger partial charge in [0.05, 0.1) is 18.2 Å². The lowest BCUT2D eigenvalue weighted by atomic mass is 10.0. The Morgan fingerprint density at radius 2 is 2.24 bits per heavy atom. The van der Waals surface area contributed by atoms with Gasteiger partial charge in [0.25, 0.3) is 0 Å². The molecule has 0 amide bonds. The minimum Gasteiger partial charge on any atom is -0.394 e. The van der Waals surface area contributed by atoms with Crippen molar-refractivity contribution in [1.82, 2.24) is 10.2 Å². The molecule has 2 atom stereocenters. The summed E-state index contributed by atoms with van der Waals surface area (Å²) in [6, 6.07) is 0.382. The molecule has 102 valence electrons. The number of aliphatic hydroxyl groups excluding tert-OH is 1. The Labute approximate surface area is 105 Å². The van der Waals surface area contributed by atoms with E-state index >= 15 is 0 Å². The zero-order chi connectivity index (χ0) is 12.9. The average molecular weight is 244 g/mol. The molecule has 17 heavy (non-hydrogen) atoms. The second-order valence-corrected chi connectivity index (χ2v) is 5.79. The Morgan fingerprint density at radius 1 is 1.53 bits per heavy atom. The van der Waals surface area contributed by atoms with Crippen LogP contribution in [0.3, 0.4) is 0 Å². The summed E-state index contributed by atoms with van der Waals surface area (Å²) in [5, 5.41) is 13.0. The van der Waals surface area contributed by atoms with Crippen LogP contribution in [0.15, 0.2) is 0 Å². The van der Waals surface area contributed by atoms with Crippen molar-refractivity contribution in [3.8, 4) is 0 Å². The fourth-order valence-electron chi connectivity index (χ4n) is 2.56. The quantitative estimate of drug-likeness (QED) is 0.752. The summed E-state index contributed by atoms with van der Waals surface area (Å²) in [7, 11) is 0. The second kappa shape index (κ2) is 6.69. The van der Waals surface area contributed by atoms with E-state index in [1.807, 2.05) is 0 Å². The van der Waals surface area contributed by atoms with Crippen molar-refractivity contribution in [3.63, 3.8) is 0 Å². The monoisotopic (exact) mass is 244 g/mol. The summed E-state index contributed by atoms with van der Waals surface area (Å²) >= 11 is 0. The third-order valence-electron chi connectivity index (χ3n) is 3.10. The average Bonchev–Trinajstić information content (AvgIpc) is 2.41. The van der Waals surface area contributed by atoms with Gasteiger partial charge in [0.1, 0.15) is 0 Å². The summed E-state index contributed by atoms with van der Waals surface area (Å²) in [6.45, 7) is 12.3. The van der Waals surface area contributed by atoms with E-state index in [0.29, 0.717) is 12.1 Å². The third kappa shape index (κ3) is 5.34. The molecule has 4 heteroatoms. The first-order chi connectivity index (χ1) is 7.95. The van der Waals surface area contributed by atoms with Crippen LogP contribution in [0, 0.1) is 0 Å². The predicted molar refractivity (Wildman–Crippen MR) is 70.2 cm³/mol. The van der Waals surface area contributed by atoms with E-state index in [1.165, 1.54) is 0 Å². The van der Waals surface area contributed by atoms with Crippen LogP contribution in [0.2, 0.25) is 0 Å². The predicted octanol–water partition coefficient (Wildman–Crippen LogP) is 0.846. The van der Waals surface area contributed by atoms with E-state index in [4.69, 9.17) is 4.74 Å². The highest BCUT2D eigenvalue weighted by atomic mass is 16.5. The number of hydrogen-bond donors (Lipinski definition) is 2. The molecule has 0 saturated carbocycles. The minimum atomic E-state index is -0.224. The highest BCUT2D eigenvalue weighted by molar-refractivity contribution is 4.88. The maximum atomic E-state index is 9.58. The van der Waals surface area contributed by atoms with Crippen molar-refractivity contribution in [1.29, 1.82) is 0 Å². The largest absolute Gasteiger partial charge is 0.394 e. The first kappa shape index (κ1) is 14.9. The number of aliphatic hydroxyl groups is 1. The Morgan fingerprint density at radius 3 is 2.82 bits per heavy atom.